The van der Waals surface area contributed by atoms with Crippen LogP contribution in [-0.4, -0.2) is 87.9 Å². The number of likely N-dealkylation sites (tertiary alicyclic amines) is 1. The summed E-state index contributed by atoms with van der Waals surface area (Å²) in [5.41, 5.74) is 1.29. The average molecular weight is 432 g/mol. The van der Waals surface area contributed by atoms with Crippen molar-refractivity contribution in [1.82, 2.24) is 20.4 Å². The van der Waals surface area contributed by atoms with Gasteiger partial charge in [0.1, 0.15) is 5.75 Å². The number of methoxy groups -OCH3 is 1. The highest BCUT2D eigenvalue weighted by Crippen LogP contribution is 2.23. The van der Waals surface area contributed by atoms with Crippen molar-refractivity contribution in [1.29, 1.82) is 0 Å². The molecule has 0 amide bonds. The van der Waals surface area contributed by atoms with Crippen molar-refractivity contribution >= 4 is 5.96 Å². The highest BCUT2D eigenvalue weighted by Gasteiger charge is 2.24. The number of nitrogens with one attached hydrogen (secondary N) is 2. The van der Waals surface area contributed by atoms with Crippen molar-refractivity contribution in [3.63, 3.8) is 0 Å². The molecule has 2 unspecified atom stereocenters. The minimum Gasteiger partial charge on any atom is -0.497 e. The molecule has 2 heterocycles. The first-order valence-corrected chi connectivity index (χ1v) is 12.0. The summed E-state index contributed by atoms with van der Waals surface area (Å²) in [5.74, 6) is 1.80. The van der Waals surface area contributed by atoms with Gasteiger partial charge in [0.15, 0.2) is 5.96 Å². The molecule has 7 heteroatoms. The molecule has 0 radical (unpaired) electrons. The van der Waals surface area contributed by atoms with E-state index >= 15 is 0 Å². The average Bonchev–Trinajstić information content (AvgIpc) is 3.35. The van der Waals surface area contributed by atoms with E-state index in [0.29, 0.717) is 6.04 Å². The Morgan fingerprint density at radius 2 is 1.74 bits per heavy atom. The van der Waals surface area contributed by atoms with E-state index in [1.165, 1.54) is 31.5 Å². The Balaban J connectivity index is 1.67. The fraction of sp³-hybridized carbons (Fsp3) is 0.708. The molecule has 3 rings (SSSR count). The number of hydrogen-bond donors (Lipinski definition) is 2. The number of rotatable bonds is 10. The van der Waals surface area contributed by atoms with E-state index in [1.807, 2.05) is 12.1 Å². The van der Waals surface area contributed by atoms with E-state index in [4.69, 9.17) is 14.5 Å². The Morgan fingerprint density at radius 1 is 1.03 bits per heavy atom. The van der Waals surface area contributed by atoms with Gasteiger partial charge in [-0.05, 0) is 57.0 Å². The minimum atomic E-state index is 0.263. The van der Waals surface area contributed by atoms with E-state index in [-0.39, 0.29) is 6.04 Å². The third-order valence-electron chi connectivity index (χ3n) is 6.38. The molecule has 174 valence electrons. The molecule has 0 bridgehead atoms. The molecule has 31 heavy (non-hydrogen) atoms. The lowest BCUT2D eigenvalue weighted by Crippen LogP contribution is -2.46. The normalized spacial score (nSPS) is 20.4. The van der Waals surface area contributed by atoms with Crippen LogP contribution in [0.15, 0.2) is 29.3 Å². The lowest BCUT2D eigenvalue weighted by molar-refractivity contribution is 0.0170. The summed E-state index contributed by atoms with van der Waals surface area (Å²) in [6, 6.07) is 9.23. The predicted octanol–water partition coefficient (Wildman–Crippen LogP) is 2.50. The van der Waals surface area contributed by atoms with E-state index in [1.54, 1.807) is 7.11 Å². The van der Waals surface area contributed by atoms with Crippen LogP contribution in [0.3, 0.4) is 0 Å². The first-order chi connectivity index (χ1) is 15.2. The fourth-order valence-corrected chi connectivity index (χ4v) is 4.51. The Bertz CT molecular complexity index is 654. The molecule has 1 aromatic rings. The van der Waals surface area contributed by atoms with Crippen LogP contribution in [0.25, 0.3) is 0 Å². The second-order valence-corrected chi connectivity index (χ2v) is 8.34. The smallest absolute Gasteiger partial charge is 0.191 e. The van der Waals surface area contributed by atoms with Crippen LogP contribution in [0.4, 0.5) is 0 Å². The van der Waals surface area contributed by atoms with E-state index < -0.39 is 0 Å². The van der Waals surface area contributed by atoms with Crippen molar-refractivity contribution in [2.24, 2.45) is 4.99 Å². The van der Waals surface area contributed by atoms with Gasteiger partial charge in [-0.15, -0.1) is 0 Å². The van der Waals surface area contributed by atoms with E-state index in [0.717, 1.165) is 64.1 Å². The zero-order chi connectivity index (χ0) is 21.9. The number of nitrogens with zero attached hydrogens (tertiary/aromatic N) is 3. The molecule has 2 fully saturated rings. The second-order valence-electron chi connectivity index (χ2n) is 8.34. The molecule has 0 spiro atoms. The molecule has 0 saturated carbocycles. The summed E-state index contributed by atoms with van der Waals surface area (Å²) in [5, 5.41) is 7.06. The van der Waals surface area contributed by atoms with Gasteiger partial charge < -0.3 is 20.1 Å². The lowest BCUT2D eigenvalue weighted by atomic mass is 10.0. The van der Waals surface area contributed by atoms with Crippen molar-refractivity contribution in [2.45, 2.75) is 45.2 Å². The molecular formula is C24H41N5O2. The Hall–Kier alpha value is -1.83. The third-order valence-corrected chi connectivity index (χ3v) is 6.38. The minimum absolute atomic E-state index is 0.263. The zero-order valence-corrected chi connectivity index (χ0v) is 19.6. The topological polar surface area (TPSA) is 61.4 Å². The number of aliphatic imine (C=N–C) groups is 1. The SMILES string of the molecule is CCNC(=NCC(CC)N1CCCC1)NCC(c1ccc(OC)cc1)N1CCOCC1. The van der Waals surface area contributed by atoms with Gasteiger partial charge in [0.2, 0.25) is 0 Å². The highest BCUT2D eigenvalue weighted by atomic mass is 16.5. The van der Waals surface area contributed by atoms with Crippen LogP contribution < -0.4 is 15.4 Å². The van der Waals surface area contributed by atoms with Crippen molar-refractivity contribution in [3.8, 4) is 5.75 Å². The molecule has 2 N–H and O–H groups in total. The fourth-order valence-electron chi connectivity index (χ4n) is 4.51. The number of ether oxygens (including phenoxy) is 2. The van der Waals surface area contributed by atoms with Gasteiger partial charge in [0.05, 0.1) is 32.9 Å². The summed E-state index contributed by atoms with van der Waals surface area (Å²) < 4.78 is 10.9. The monoisotopic (exact) mass is 431 g/mol. The number of hydrogen-bond acceptors (Lipinski definition) is 5. The van der Waals surface area contributed by atoms with Crippen LogP contribution in [0.1, 0.15) is 44.7 Å². The van der Waals surface area contributed by atoms with Crippen molar-refractivity contribution in [3.05, 3.63) is 29.8 Å². The molecular weight excluding hydrogens is 390 g/mol. The first-order valence-electron chi connectivity index (χ1n) is 12.0. The van der Waals surface area contributed by atoms with Crippen molar-refractivity contribution in [2.75, 3.05) is 66.1 Å². The van der Waals surface area contributed by atoms with Gasteiger partial charge in [-0.3, -0.25) is 14.8 Å². The summed E-state index contributed by atoms with van der Waals surface area (Å²) in [4.78, 5) is 10.1. The molecule has 2 aliphatic heterocycles. The van der Waals surface area contributed by atoms with E-state index in [9.17, 15) is 0 Å². The van der Waals surface area contributed by atoms with Crippen molar-refractivity contribution < 1.29 is 9.47 Å². The Morgan fingerprint density at radius 3 is 2.35 bits per heavy atom. The largest absolute Gasteiger partial charge is 0.497 e. The maximum absolute atomic E-state index is 5.59. The number of guanidine groups is 1. The van der Waals surface area contributed by atoms with Gasteiger partial charge >= 0.3 is 0 Å². The van der Waals surface area contributed by atoms with Gasteiger partial charge in [-0.25, -0.2) is 0 Å². The number of benzene rings is 1. The van der Waals surface area contributed by atoms with Crippen LogP contribution in [0.2, 0.25) is 0 Å². The summed E-state index contributed by atoms with van der Waals surface area (Å²) in [7, 11) is 1.71. The standard InChI is InChI=1S/C24H41N5O2/c1-4-21(28-12-6-7-13-28)18-26-24(25-5-2)27-19-23(29-14-16-31-17-15-29)20-8-10-22(30-3)11-9-20/h8-11,21,23H,4-7,12-19H2,1-3H3,(H2,25,26,27). The molecule has 7 nitrogen and oxygen atoms in total. The van der Waals surface area contributed by atoms with Crippen LogP contribution in [-0.2, 0) is 4.74 Å². The van der Waals surface area contributed by atoms with Crippen LogP contribution in [0.5, 0.6) is 5.75 Å². The molecule has 2 atom stereocenters. The Labute approximate surface area is 188 Å². The molecule has 0 aliphatic carbocycles. The lowest BCUT2D eigenvalue weighted by Gasteiger charge is -2.35. The van der Waals surface area contributed by atoms with Gasteiger partial charge in [-0.1, -0.05) is 19.1 Å². The molecule has 2 saturated heterocycles. The molecule has 1 aromatic carbocycles. The zero-order valence-electron chi connectivity index (χ0n) is 19.6. The van der Waals surface area contributed by atoms with Crippen LogP contribution >= 0.6 is 0 Å². The Kier molecular flexibility index (Phi) is 9.90. The predicted molar refractivity (Wildman–Crippen MR) is 127 cm³/mol. The van der Waals surface area contributed by atoms with Gasteiger partial charge in [0, 0.05) is 32.2 Å². The van der Waals surface area contributed by atoms with Gasteiger partial charge in [0.25, 0.3) is 0 Å². The second kappa shape index (κ2) is 12.9. The van der Waals surface area contributed by atoms with Gasteiger partial charge in [-0.2, -0.15) is 0 Å². The van der Waals surface area contributed by atoms with Crippen LogP contribution in [0, 0.1) is 0 Å². The maximum Gasteiger partial charge on any atom is 0.191 e. The summed E-state index contributed by atoms with van der Waals surface area (Å²) >= 11 is 0. The third kappa shape index (κ3) is 7.09. The van der Waals surface area contributed by atoms with E-state index in [2.05, 4.69) is 46.4 Å². The quantitative estimate of drug-likeness (QED) is 0.438. The first kappa shape index (κ1) is 23.8. The maximum atomic E-state index is 5.59. The molecule has 2 aliphatic rings. The highest BCUT2D eigenvalue weighted by molar-refractivity contribution is 5.79. The number of morpholine rings is 1. The summed E-state index contributed by atoms with van der Waals surface area (Å²) in [6.07, 6.45) is 3.79. The summed E-state index contributed by atoms with van der Waals surface area (Å²) in [6.45, 7) is 12.8. The molecule has 0 aromatic heterocycles.